The number of carbonyl (C=O) groups is 2. The second-order valence-corrected chi connectivity index (χ2v) is 6.04. The molecule has 122 valence electrons. The molecule has 0 radical (unpaired) electrons. The average molecular weight is 321 g/mol. The Morgan fingerprint density at radius 2 is 2.30 bits per heavy atom. The third kappa shape index (κ3) is 1.78. The van der Waals surface area contributed by atoms with Crippen molar-refractivity contribution < 1.29 is 29.7 Å². The number of aliphatic hydroxyl groups is 1. The molecule has 0 aliphatic carbocycles. The van der Waals surface area contributed by atoms with E-state index >= 15 is 0 Å². The summed E-state index contributed by atoms with van der Waals surface area (Å²) >= 11 is 0. The summed E-state index contributed by atoms with van der Waals surface area (Å²) in [5.41, 5.74) is 0.835. The smallest absolute Gasteiger partial charge is 0.407 e. The summed E-state index contributed by atoms with van der Waals surface area (Å²) in [6.45, 7) is 0.422. The van der Waals surface area contributed by atoms with E-state index < -0.39 is 24.0 Å². The SMILES string of the molecule is CN(C(=O)O)C1c2c(O)cc(C=O)cc2N2CC3NC3C1(O)O2. The topological polar surface area (TPSA) is 132 Å². The van der Waals surface area contributed by atoms with Crippen molar-refractivity contribution in [3.05, 3.63) is 23.3 Å². The predicted molar refractivity (Wildman–Crippen MR) is 76.1 cm³/mol. The lowest BCUT2D eigenvalue weighted by molar-refractivity contribution is -0.261. The van der Waals surface area contributed by atoms with Crippen molar-refractivity contribution in [1.82, 2.24) is 10.2 Å². The fourth-order valence-corrected chi connectivity index (χ4v) is 3.54. The lowest BCUT2D eigenvalue weighted by Crippen LogP contribution is -2.62. The van der Waals surface area contributed by atoms with Crippen molar-refractivity contribution >= 4 is 18.1 Å². The van der Waals surface area contributed by atoms with E-state index in [1.165, 1.54) is 24.2 Å². The molecule has 2 fully saturated rings. The van der Waals surface area contributed by atoms with Gasteiger partial charge in [0.05, 0.1) is 18.3 Å². The summed E-state index contributed by atoms with van der Waals surface area (Å²) < 4.78 is 0. The van der Waals surface area contributed by atoms with Crippen LogP contribution >= 0.6 is 0 Å². The zero-order valence-electron chi connectivity index (χ0n) is 12.1. The van der Waals surface area contributed by atoms with Crippen LogP contribution in [0, 0.1) is 0 Å². The fraction of sp³-hybridized carbons (Fsp3) is 0.429. The van der Waals surface area contributed by atoms with E-state index in [0.29, 0.717) is 18.5 Å². The molecule has 0 aromatic heterocycles. The molecular weight excluding hydrogens is 306 g/mol. The van der Waals surface area contributed by atoms with Crippen LogP contribution < -0.4 is 10.4 Å². The van der Waals surface area contributed by atoms with Gasteiger partial charge in [0.1, 0.15) is 18.1 Å². The normalized spacial score (nSPS) is 33.5. The van der Waals surface area contributed by atoms with Crippen LogP contribution in [0.2, 0.25) is 0 Å². The predicted octanol–water partition coefficient (Wildman–Crippen LogP) is -0.350. The number of fused-ring (bicyclic) bond motifs is 6. The van der Waals surface area contributed by atoms with Gasteiger partial charge in [-0.15, -0.1) is 0 Å². The van der Waals surface area contributed by atoms with Gasteiger partial charge in [0.15, 0.2) is 0 Å². The molecule has 1 aromatic carbocycles. The largest absolute Gasteiger partial charge is 0.507 e. The van der Waals surface area contributed by atoms with Crippen LogP contribution in [0.5, 0.6) is 5.75 Å². The summed E-state index contributed by atoms with van der Waals surface area (Å²) in [5.74, 6) is -2.09. The molecule has 2 saturated heterocycles. The highest BCUT2D eigenvalue weighted by molar-refractivity contribution is 5.81. The first kappa shape index (κ1) is 14.2. The van der Waals surface area contributed by atoms with Gasteiger partial charge in [0.2, 0.25) is 5.79 Å². The monoisotopic (exact) mass is 321 g/mol. The minimum Gasteiger partial charge on any atom is -0.507 e. The molecule has 4 atom stereocenters. The van der Waals surface area contributed by atoms with Crippen molar-refractivity contribution in [3.8, 4) is 5.75 Å². The Kier molecular flexibility index (Phi) is 2.69. The lowest BCUT2D eigenvalue weighted by atomic mass is 9.87. The van der Waals surface area contributed by atoms with Crippen LogP contribution in [0.1, 0.15) is 22.0 Å². The van der Waals surface area contributed by atoms with Gasteiger partial charge in [-0.1, -0.05) is 0 Å². The van der Waals surface area contributed by atoms with E-state index in [0.717, 1.165) is 4.90 Å². The van der Waals surface area contributed by atoms with Crippen molar-refractivity contribution in [2.24, 2.45) is 0 Å². The average Bonchev–Trinajstić information content (AvgIpc) is 3.28. The van der Waals surface area contributed by atoms with Gasteiger partial charge < -0.3 is 20.6 Å². The van der Waals surface area contributed by atoms with Crippen LogP contribution in [-0.2, 0) is 4.84 Å². The Labute approximate surface area is 130 Å². The number of hydroxylamine groups is 1. The van der Waals surface area contributed by atoms with E-state index in [-0.39, 0.29) is 22.9 Å². The molecule has 23 heavy (non-hydrogen) atoms. The van der Waals surface area contributed by atoms with Crippen LogP contribution in [0.4, 0.5) is 10.5 Å². The van der Waals surface area contributed by atoms with Crippen molar-refractivity contribution in [3.63, 3.8) is 0 Å². The van der Waals surface area contributed by atoms with E-state index in [4.69, 9.17) is 4.84 Å². The maximum atomic E-state index is 11.5. The quantitative estimate of drug-likeness (QED) is 0.429. The van der Waals surface area contributed by atoms with E-state index in [1.807, 2.05) is 0 Å². The molecule has 1 aromatic rings. The Hall–Kier alpha value is -2.36. The lowest BCUT2D eigenvalue weighted by Gasteiger charge is -2.49. The Balaban J connectivity index is 1.95. The molecule has 0 saturated carbocycles. The molecule has 0 spiro atoms. The van der Waals surface area contributed by atoms with Gasteiger partial charge in [-0.3, -0.25) is 9.69 Å². The van der Waals surface area contributed by atoms with Crippen molar-refractivity contribution in [1.29, 1.82) is 0 Å². The number of anilines is 1. The number of nitrogens with one attached hydrogen (secondary N) is 1. The van der Waals surface area contributed by atoms with Crippen LogP contribution in [-0.4, -0.2) is 64.1 Å². The van der Waals surface area contributed by atoms with E-state index in [2.05, 4.69) is 5.32 Å². The third-order valence-corrected chi connectivity index (χ3v) is 4.67. The zero-order chi connectivity index (χ0) is 16.5. The molecule has 4 rings (SSSR count). The second kappa shape index (κ2) is 4.34. The summed E-state index contributed by atoms with van der Waals surface area (Å²) in [6, 6.07) is 1.15. The first-order valence-electron chi connectivity index (χ1n) is 7.09. The van der Waals surface area contributed by atoms with Gasteiger partial charge in [-0.25, -0.2) is 14.7 Å². The van der Waals surface area contributed by atoms with E-state index in [9.17, 15) is 24.9 Å². The van der Waals surface area contributed by atoms with Crippen molar-refractivity contribution in [2.45, 2.75) is 23.9 Å². The molecule has 3 aliphatic heterocycles. The first-order valence-corrected chi connectivity index (χ1v) is 7.09. The highest BCUT2D eigenvalue weighted by Crippen LogP contribution is 2.53. The Bertz CT molecular complexity index is 725. The van der Waals surface area contributed by atoms with Crippen LogP contribution in [0.25, 0.3) is 0 Å². The minimum atomic E-state index is -1.83. The number of nitrogens with zero attached hydrogens (tertiary/aromatic N) is 2. The third-order valence-electron chi connectivity index (χ3n) is 4.67. The van der Waals surface area contributed by atoms with Crippen LogP contribution in [0.3, 0.4) is 0 Å². The molecular formula is C14H15N3O6. The number of phenolic OH excluding ortho intramolecular Hbond substituents is 1. The fourth-order valence-electron chi connectivity index (χ4n) is 3.54. The number of likely N-dealkylation sites (N-methyl/N-ethyl adjacent to an activating group) is 1. The number of hydrogen-bond donors (Lipinski definition) is 4. The Morgan fingerprint density at radius 3 is 2.96 bits per heavy atom. The minimum absolute atomic E-state index is 0.0476. The first-order chi connectivity index (χ1) is 10.9. The number of carboxylic acid groups (broad SMARTS) is 1. The van der Waals surface area contributed by atoms with Gasteiger partial charge in [0, 0.05) is 24.2 Å². The van der Waals surface area contributed by atoms with Gasteiger partial charge in [0.25, 0.3) is 0 Å². The number of aldehydes is 1. The van der Waals surface area contributed by atoms with Gasteiger partial charge in [-0.2, -0.15) is 0 Å². The molecule has 4 N–H and O–H groups in total. The number of phenols is 1. The maximum absolute atomic E-state index is 11.5. The number of rotatable bonds is 2. The number of benzene rings is 1. The molecule has 9 nitrogen and oxygen atoms in total. The van der Waals surface area contributed by atoms with Crippen molar-refractivity contribution in [2.75, 3.05) is 18.7 Å². The van der Waals surface area contributed by atoms with Gasteiger partial charge >= 0.3 is 6.09 Å². The second-order valence-electron chi connectivity index (χ2n) is 6.04. The standard InChI is InChI=1S/C14H15N3O6/c1-16(13(20)21)12-10-8(2-6(5-18)3-9(10)19)17-4-7-11(15-7)14(12,22)23-17/h2-3,5,7,11-12,15,19,22H,4H2,1H3,(H,20,21). The van der Waals surface area contributed by atoms with E-state index in [1.54, 1.807) is 0 Å². The highest BCUT2D eigenvalue weighted by Gasteiger charge is 2.67. The summed E-state index contributed by atoms with van der Waals surface area (Å²) in [4.78, 5) is 29.0. The number of hydrogen-bond acceptors (Lipinski definition) is 7. The highest BCUT2D eigenvalue weighted by atomic mass is 16.8. The molecule has 4 unspecified atom stereocenters. The maximum Gasteiger partial charge on any atom is 0.407 e. The zero-order valence-corrected chi connectivity index (χ0v) is 12.1. The molecule has 1 amide bonds. The Morgan fingerprint density at radius 1 is 1.57 bits per heavy atom. The molecule has 3 aliphatic rings. The van der Waals surface area contributed by atoms with Crippen LogP contribution in [0.15, 0.2) is 12.1 Å². The number of amides is 1. The number of carbonyl (C=O) groups excluding carboxylic acids is 1. The molecule has 9 heteroatoms. The number of aromatic hydroxyl groups is 1. The summed E-state index contributed by atoms with van der Waals surface area (Å²) in [5, 5.41) is 35.1. The summed E-state index contributed by atoms with van der Waals surface area (Å²) in [6.07, 6.45) is -0.688. The van der Waals surface area contributed by atoms with Gasteiger partial charge in [-0.05, 0) is 12.1 Å². The molecule has 3 heterocycles. The molecule has 2 bridgehead atoms. The summed E-state index contributed by atoms with van der Waals surface area (Å²) in [7, 11) is 1.30.